The highest BCUT2D eigenvalue weighted by Gasteiger charge is 2.37. The van der Waals surface area contributed by atoms with Crippen LogP contribution in [0.4, 0.5) is 0 Å². The number of nitrogens with one attached hydrogen (secondary N) is 2. The van der Waals surface area contributed by atoms with E-state index in [0.717, 1.165) is 5.56 Å². The van der Waals surface area contributed by atoms with Gasteiger partial charge in [0.15, 0.2) is 0 Å². The molecule has 1 aromatic rings. The highest BCUT2D eigenvalue weighted by Crippen LogP contribution is 2.19. The van der Waals surface area contributed by atoms with Gasteiger partial charge < -0.3 is 26.4 Å². The first-order chi connectivity index (χ1) is 15.1. The molecule has 1 fully saturated rings. The summed E-state index contributed by atoms with van der Waals surface area (Å²) in [6, 6.07) is 5.77. The Bertz CT molecular complexity index is 820. The third-order valence-corrected chi connectivity index (χ3v) is 5.87. The Morgan fingerprint density at radius 2 is 1.84 bits per heavy atom. The molecule has 0 spiro atoms. The van der Waals surface area contributed by atoms with E-state index < -0.39 is 42.0 Å². The number of carboxylic acid groups (broad SMARTS) is 1. The number of carbonyl (C=O) groups is 4. The van der Waals surface area contributed by atoms with E-state index in [1.807, 2.05) is 30.3 Å². The smallest absolute Gasteiger partial charge is 0.326 e. The topological polar surface area (TPSA) is 142 Å². The highest BCUT2D eigenvalue weighted by molar-refractivity contribution is 7.80. The minimum absolute atomic E-state index is 0.0177. The van der Waals surface area contributed by atoms with E-state index in [1.54, 1.807) is 13.8 Å². The van der Waals surface area contributed by atoms with Crippen molar-refractivity contribution in [1.29, 1.82) is 0 Å². The molecule has 2 rings (SSSR count). The Labute approximate surface area is 193 Å². The zero-order valence-electron chi connectivity index (χ0n) is 18.4. The third-order valence-electron chi connectivity index (χ3n) is 5.50. The molecule has 1 aliphatic heterocycles. The van der Waals surface area contributed by atoms with Crippen molar-refractivity contribution >= 4 is 36.3 Å². The molecule has 1 heterocycles. The standard InChI is InChI=1S/C22H32N4O5S/c1-13(2)18(22(30)31)25-19(27)16(12-32)24-20(28)17-9-6-10-26(17)21(29)15(23)11-14-7-4-3-5-8-14/h3-5,7-8,13,15-18,32H,6,9-12,23H2,1-2H3,(H,24,28)(H,25,27)(H,30,31). The fraction of sp³-hybridized carbons (Fsp3) is 0.545. The number of carbonyl (C=O) groups excluding carboxylic acids is 3. The molecule has 0 saturated carbocycles. The summed E-state index contributed by atoms with van der Waals surface area (Å²) >= 11 is 4.13. The van der Waals surface area contributed by atoms with Crippen LogP contribution in [0.5, 0.6) is 0 Å². The number of nitrogens with zero attached hydrogens (tertiary/aromatic N) is 1. The summed E-state index contributed by atoms with van der Waals surface area (Å²) in [5.74, 6) is -2.93. The van der Waals surface area contributed by atoms with E-state index in [2.05, 4.69) is 23.3 Å². The fourth-order valence-corrected chi connectivity index (χ4v) is 3.96. The first-order valence-electron chi connectivity index (χ1n) is 10.7. The van der Waals surface area contributed by atoms with Gasteiger partial charge in [-0.05, 0) is 30.7 Å². The maximum Gasteiger partial charge on any atom is 0.326 e. The summed E-state index contributed by atoms with van der Waals surface area (Å²) in [4.78, 5) is 51.2. The normalized spacial score (nSPS) is 18.7. The van der Waals surface area contributed by atoms with Gasteiger partial charge in [-0.15, -0.1) is 0 Å². The second-order valence-corrected chi connectivity index (χ2v) is 8.66. The van der Waals surface area contributed by atoms with E-state index in [0.29, 0.717) is 25.8 Å². The zero-order valence-corrected chi connectivity index (χ0v) is 19.3. The van der Waals surface area contributed by atoms with E-state index in [4.69, 9.17) is 5.73 Å². The minimum atomic E-state index is -1.16. The van der Waals surface area contributed by atoms with Crippen LogP contribution in [0.15, 0.2) is 30.3 Å². The molecule has 3 amide bonds. The van der Waals surface area contributed by atoms with E-state index in [1.165, 1.54) is 4.90 Å². The van der Waals surface area contributed by atoms with Crippen LogP contribution >= 0.6 is 12.6 Å². The second kappa shape index (κ2) is 11.9. The van der Waals surface area contributed by atoms with Gasteiger partial charge in [-0.2, -0.15) is 12.6 Å². The molecule has 0 radical (unpaired) electrons. The van der Waals surface area contributed by atoms with E-state index >= 15 is 0 Å². The first kappa shape index (κ1) is 25.7. The molecule has 9 nitrogen and oxygen atoms in total. The summed E-state index contributed by atoms with van der Waals surface area (Å²) < 4.78 is 0. The van der Waals surface area contributed by atoms with Gasteiger partial charge in [0, 0.05) is 12.3 Å². The van der Waals surface area contributed by atoms with Crippen molar-refractivity contribution in [3.8, 4) is 0 Å². The van der Waals surface area contributed by atoms with Gasteiger partial charge in [0.2, 0.25) is 17.7 Å². The molecule has 0 aromatic heterocycles. The lowest BCUT2D eigenvalue weighted by atomic mass is 10.0. The number of nitrogens with two attached hydrogens (primary N) is 1. The van der Waals surface area contributed by atoms with Gasteiger partial charge in [-0.25, -0.2) is 4.79 Å². The van der Waals surface area contributed by atoms with Crippen LogP contribution in [0.3, 0.4) is 0 Å². The summed E-state index contributed by atoms with van der Waals surface area (Å²) in [6.45, 7) is 3.76. The van der Waals surface area contributed by atoms with E-state index in [9.17, 15) is 24.3 Å². The second-order valence-electron chi connectivity index (χ2n) is 8.30. The Hall–Kier alpha value is -2.59. The van der Waals surface area contributed by atoms with Crippen molar-refractivity contribution in [2.75, 3.05) is 12.3 Å². The fourth-order valence-electron chi connectivity index (χ4n) is 3.70. The Morgan fingerprint density at radius 1 is 1.19 bits per heavy atom. The number of rotatable bonds is 10. The molecule has 4 atom stereocenters. The molecule has 32 heavy (non-hydrogen) atoms. The van der Waals surface area contributed by atoms with Crippen LogP contribution in [-0.2, 0) is 25.6 Å². The van der Waals surface area contributed by atoms with Gasteiger partial charge >= 0.3 is 5.97 Å². The average Bonchev–Trinajstić information content (AvgIpc) is 3.25. The summed E-state index contributed by atoms with van der Waals surface area (Å²) in [5.41, 5.74) is 7.05. The van der Waals surface area contributed by atoms with Crippen molar-refractivity contribution in [2.45, 2.75) is 57.3 Å². The quantitative estimate of drug-likeness (QED) is 0.313. The Morgan fingerprint density at radius 3 is 2.41 bits per heavy atom. The summed E-state index contributed by atoms with van der Waals surface area (Å²) in [5, 5.41) is 14.3. The summed E-state index contributed by atoms with van der Waals surface area (Å²) in [6.07, 6.45) is 1.46. The van der Waals surface area contributed by atoms with E-state index in [-0.39, 0.29) is 17.6 Å². The maximum atomic E-state index is 12.9. The van der Waals surface area contributed by atoms with Crippen molar-refractivity contribution in [1.82, 2.24) is 15.5 Å². The Kier molecular flexibility index (Phi) is 9.52. The van der Waals surface area contributed by atoms with Gasteiger partial charge in [0.05, 0.1) is 6.04 Å². The molecule has 4 unspecified atom stereocenters. The molecular formula is C22H32N4O5S. The van der Waals surface area contributed by atoms with Crippen LogP contribution in [0.1, 0.15) is 32.3 Å². The number of hydrogen-bond donors (Lipinski definition) is 5. The monoisotopic (exact) mass is 464 g/mol. The molecule has 10 heteroatoms. The van der Waals surface area contributed by atoms with Crippen LogP contribution in [0.25, 0.3) is 0 Å². The SMILES string of the molecule is CC(C)C(NC(=O)C(CS)NC(=O)C1CCCN1C(=O)C(N)Cc1ccccc1)C(=O)O. The van der Waals surface area contributed by atoms with Crippen molar-refractivity contribution in [3.05, 3.63) is 35.9 Å². The molecule has 1 aromatic carbocycles. The number of likely N-dealkylation sites (tertiary alicyclic amines) is 1. The number of aliphatic carboxylic acids is 1. The summed E-state index contributed by atoms with van der Waals surface area (Å²) in [7, 11) is 0. The van der Waals surface area contributed by atoms with Crippen molar-refractivity contribution < 1.29 is 24.3 Å². The average molecular weight is 465 g/mol. The lowest BCUT2D eigenvalue weighted by Gasteiger charge is -2.28. The van der Waals surface area contributed by atoms with Crippen LogP contribution < -0.4 is 16.4 Å². The van der Waals surface area contributed by atoms with Crippen molar-refractivity contribution in [3.63, 3.8) is 0 Å². The lowest BCUT2D eigenvalue weighted by Crippen LogP contribution is -2.57. The van der Waals surface area contributed by atoms with Crippen molar-refractivity contribution in [2.24, 2.45) is 11.7 Å². The molecule has 0 aliphatic carbocycles. The highest BCUT2D eigenvalue weighted by atomic mass is 32.1. The molecular weight excluding hydrogens is 432 g/mol. The predicted molar refractivity (Wildman–Crippen MR) is 123 cm³/mol. The molecule has 176 valence electrons. The van der Waals surface area contributed by atoms with Gasteiger partial charge in [-0.1, -0.05) is 44.2 Å². The molecule has 1 saturated heterocycles. The number of benzene rings is 1. The largest absolute Gasteiger partial charge is 0.480 e. The molecule has 1 aliphatic rings. The van der Waals surface area contributed by atoms with Gasteiger partial charge in [-0.3, -0.25) is 14.4 Å². The number of carboxylic acids is 1. The van der Waals surface area contributed by atoms with Crippen LogP contribution in [-0.4, -0.2) is 70.2 Å². The first-order valence-corrected chi connectivity index (χ1v) is 11.3. The number of amides is 3. The molecule has 0 bridgehead atoms. The van der Waals surface area contributed by atoms with Gasteiger partial charge in [0.25, 0.3) is 0 Å². The molecule has 5 N–H and O–H groups in total. The predicted octanol–water partition coefficient (Wildman–Crippen LogP) is 0.187. The third kappa shape index (κ3) is 6.70. The zero-order chi connectivity index (χ0) is 23.8. The minimum Gasteiger partial charge on any atom is -0.480 e. The number of hydrogen-bond acceptors (Lipinski definition) is 6. The Balaban J connectivity index is 2.01. The number of thiol groups is 1. The van der Waals surface area contributed by atoms with Gasteiger partial charge in [0.1, 0.15) is 18.1 Å². The van der Waals surface area contributed by atoms with Crippen LogP contribution in [0, 0.1) is 5.92 Å². The maximum absolute atomic E-state index is 12.9. The lowest BCUT2D eigenvalue weighted by molar-refractivity contribution is -0.144. The van der Waals surface area contributed by atoms with Crippen LogP contribution in [0.2, 0.25) is 0 Å².